The summed E-state index contributed by atoms with van der Waals surface area (Å²) in [5, 5.41) is 2.98. The van der Waals surface area contributed by atoms with E-state index in [0.717, 1.165) is 25.0 Å². The molecule has 0 aromatic heterocycles. The Kier molecular flexibility index (Phi) is 7.05. The number of likely N-dealkylation sites (tertiary alicyclic amines) is 1. The summed E-state index contributed by atoms with van der Waals surface area (Å²) < 4.78 is 11.9. The molecule has 3 amide bonds. The predicted molar refractivity (Wildman–Crippen MR) is 122 cm³/mol. The Hall–Kier alpha value is -2.45. The van der Waals surface area contributed by atoms with Gasteiger partial charge in [-0.15, -0.1) is 0 Å². The monoisotopic (exact) mass is 457 g/mol. The topological polar surface area (TPSA) is 88.2 Å². The third kappa shape index (κ3) is 4.77. The first kappa shape index (κ1) is 23.7. The quantitative estimate of drug-likeness (QED) is 0.732. The Balaban J connectivity index is 1.56. The van der Waals surface area contributed by atoms with Gasteiger partial charge in [0.25, 0.3) is 5.91 Å². The van der Waals surface area contributed by atoms with Gasteiger partial charge < -0.3 is 19.7 Å². The van der Waals surface area contributed by atoms with Gasteiger partial charge >= 0.3 is 0 Å². The molecule has 4 rings (SSSR count). The van der Waals surface area contributed by atoms with Gasteiger partial charge in [-0.1, -0.05) is 32.0 Å². The number of amides is 3. The van der Waals surface area contributed by atoms with Crippen LogP contribution in [0, 0.1) is 12.8 Å². The lowest BCUT2D eigenvalue weighted by atomic mass is 9.95. The van der Waals surface area contributed by atoms with Crippen LogP contribution in [-0.4, -0.2) is 78.2 Å². The predicted octanol–water partition coefficient (Wildman–Crippen LogP) is 2.11. The molecule has 180 valence electrons. The highest BCUT2D eigenvalue weighted by Crippen LogP contribution is 2.39. The van der Waals surface area contributed by atoms with E-state index >= 15 is 0 Å². The number of benzene rings is 1. The molecule has 3 fully saturated rings. The summed E-state index contributed by atoms with van der Waals surface area (Å²) in [6.07, 6.45) is 2.92. The minimum absolute atomic E-state index is 0.0241. The lowest BCUT2D eigenvalue weighted by Crippen LogP contribution is -2.60. The molecule has 3 heterocycles. The number of nitrogens with one attached hydrogen (secondary N) is 1. The summed E-state index contributed by atoms with van der Waals surface area (Å²) in [6.45, 7) is 7.98. The molecular formula is C25H35N3O5. The molecule has 0 aliphatic carbocycles. The van der Waals surface area contributed by atoms with Crippen molar-refractivity contribution < 1.29 is 23.9 Å². The summed E-state index contributed by atoms with van der Waals surface area (Å²) in [5.74, 6) is -0.397. The van der Waals surface area contributed by atoms with Gasteiger partial charge in [-0.05, 0) is 31.4 Å². The van der Waals surface area contributed by atoms with Gasteiger partial charge in [0.15, 0.2) is 0 Å². The molecule has 2 atom stereocenters. The van der Waals surface area contributed by atoms with Crippen molar-refractivity contribution in [2.75, 3.05) is 32.8 Å². The summed E-state index contributed by atoms with van der Waals surface area (Å²) in [6, 6.07) is 6.70. The molecule has 1 aromatic rings. The molecule has 8 nitrogen and oxygen atoms in total. The molecule has 33 heavy (non-hydrogen) atoms. The van der Waals surface area contributed by atoms with Crippen molar-refractivity contribution >= 4 is 17.7 Å². The van der Waals surface area contributed by atoms with Gasteiger partial charge in [0.2, 0.25) is 11.8 Å². The number of hydrogen-bond donors (Lipinski definition) is 1. The van der Waals surface area contributed by atoms with Crippen LogP contribution in [-0.2, 0) is 19.1 Å². The van der Waals surface area contributed by atoms with E-state index in [0.29, 0.717) is 38.0 Å². The SMILES string of the molecule is Cc1ccccc1C(=O)N1C(C(=O)NCC2CCCO2)COC12CCN(C(=O)C(C)C)CC2. The average Bonchev–Trinajstić information content (AvgIpc) is 3.46. The Morgan fingerprint density at radius 1 is 1.18 bits per heavy atom. The van der Waals surface area contributed by atoms with Crippen molar-refractivity contribution in [2.45, 2.75) is 64.3 Å². The Morgan fingerprint density at radius 3 is 2.55 bits per heavy atom. The maximum Gasteiger partial charge on any atom is 0.257 e. The number of aryl methyl sites for hydroxylation is 1. The van der Waals surface area contributed by atoms with Gasteiger partial charge in [0.05, 0.1) is 12.7 Å². The molecule has 3 saturated heterocycles. The minimum atomic E-state index is -0.890. The van der Waals surface area contributed by atoms with Crippen LogP contribution in [0.15, 0.2) is 24.3 Å². The third-order valence-corrected chi connectivity index (χ3v) is 7.04. The molecule has 1 aromatic carbocycles. The van der Waals surface area contributed by atoms with Crippen molar-refractivity contribution in [1.29, 1.82) is 0 Å². The van der Waals surface area contributed by atoms with Crippen molar-refractivity contribution in [2.24, 2.45) is 5.92 Å². The van der Waals surface area contributed by atoms with Crippen molar-refractivity contribution in [3.8, 4) is 0 Å². The Labute approximate surface area is 195 Å². The van der Waals surface area contributed by atoms with E-state index in [4.69, 9.17) is 9.47 Å². The van der Waals surface area contributed by atoms with Crippen LogP contribution in [0.1, 0.15) is 55.5 Å². The molecule has 3 aliphatic heterocycles. The number of ether oxygens (including phenoxy) is 2. The second kappa shape index (κ2) is 9.81. The lowest BCUT2D eigenvalue weighted by molar-refractivity contribution is -0.146. The van der Waals surface area contributed by atoms with Gasteiger partial charge in [0, 0.05) is 50.6 Å². The van der Waals surface area contributed by atoms with E-state index in [1.54, 1.807) is 11.0 Å². The molecule has 8 heteroatoms. The molecule has 1 N–H and O–H groups in total. The average molecular weight is 458 g/mol. The van der Waals surface area contributed by atoms with Crippen molar-refractivity contribution in [3.05, 3.63) is 35.4 Å². The molecule has 0 bridgehead atoms. The highest BCUT2D eigenvalue weighted by Gasteiger charge is 2.54. The van der Waals surface area contributed by atoms with Gasteiger partial charge in [-0.3, -0.25) is 19.3 Å². The molecular weight excluding hydrogens is 422 g/mol. The zero-order chi connectivity index (χ0) is 23.6. The first-order valence-corrected chi connectivity index (χ1v) is 12.0. The second-order valence-electron chi connectivity index (χ2n) is 9.62. The van der Waals surface area contributed by atoms with E-state index in [1.807, 2.05) is 43.9 Å². The maximum atomic E-state index is 13.8. The first-order valence-electron chi connectivity index (χ1n) is 12.0. The number of carbonyl (C=O) groups excluding carboxylic acids is 3. The molecule has 0 saturated carbocycles. The molecule has 1 spiro atoms. The van der Waals surface area contributed by atoms with E-state index < -0.39 is 11.8 Å². The number of nitrogens with zero attached hydrogens (tertiary/aromatic N) is 2. The van der Waals surface area contributed by atoms with E-state index in [1.165, 1.54) is 0 Å². The summed E-state index contributed by atoms with van der Waals surface area (Å²) >= 11 is 0. The standard InChI is InChI=1S/C25H35N3O5/c1-17(2)23(30)27-12-10-25(11-13-27)28(24(31)20-9-5-4-7-18(20)3)21(16-33-25)22(29)26-15-19-8-6-14-32-19/h4-5,7,9,17,19,21H,6,8,10-16H2,1-3H3,(H,26,29). The lowest BCUT2D eigenvalue weighted by Gasteiger charge is -2.45. The minimum Gasteiger partial charge on any atom is -0.376 e. The van der Waals surface area contributed by atoms with Crippen LogP contribution in [0.25, 0.3) is 0 Å². The first-order chi connectivity index (χ1) is 15.8. The van der Waals surface area contributed by atoms with E-state index in [2.05, 4.69) is 5.32 Å². The second-order valence-corrected chi connectivity index (χ2v) is 9.62. The largest absolute Gasteiger partial charge is 0.376 e. The molecule has 3 aliphatic rings. The van der Waals surface area contributed by atoms with Crippen LogP contribution in [0.4, 0.5) is 0 Å². The fourth-order valence-electron chi connectivity index (χ4n) is 5.09. The number of carbonyl (C=O) groups is 3. The van der Waals surface area contributed by atoms with Gasteiger partial charge in [-0.25, -0.2) is 0 Å². The van der Waals surface area contributed by atoms with Gasteiger partial charge in [-0.2, -0.15) is 0 Å². The van der Waals surface area contributed by atoms with E-state index in [9.17, 15) is 14.4 Å². The summed E-state index contributed by atoms with van der Waals surface area (Å²) in [7, 11) is 0. The smallest absolute Gasteiger partial charge is 0.257 e. The normalized spacial score (nSPS) is 24.5. The highest BCUT2D eigenvalue weighted by atomic mass is 16.5. The zero-order valence-electron chi connectivity index (χ0n) is 19.8. The van der Waals surface area contributed by atoms with Crippen molar-refractivity contribution in [3.63, 3.8) is 0 Å². The Bertz CT molecular complexity index is 888. The third-order valence-electron chi connectivity index (χ3n) is 7.04. The number of rotatable bonds is 5. The van der Waals surface area contributed by atoms with Crippen LogP contribution < -0.4 is 5.32 Å². The van der Waals surface area contributed by atoms with Gasteiger partial charge in [0.1, 0.15) is 11.8 Å². The number of hydrogen-bond acceptors (Lipinski definition) is 5. The van der Waals surface area contributed by atoms with Crippen LogP contribution in [0.2, 0.25) is 0 Å². The summed E-state index contributed by atoms with van der Waals surface area (Å²) in [5.41, 5.74) is 0.536. The fraction of sp³-hybridized carbons (Fsp3) is 0.640. The fourth-order valence-corrected chi connectivity index (χ4v) is 5.09. The molecule has 2 unspecified atom stereocenters. The Morgan fingerprint density at radius 2 is 1.91 bits per heavy atom. The van der Waals surface area contributed by atoms with Crippen LogP contribution in [0.3, 0.4) is 0 Å². The zero-order valence-corrected chi connectivity index (χ0v) is 19.8. The number of piperidine rings is 1. The van der Waals surface area contributed by atoms with Crippen LogP contribution >= 0.6 is 0 Å². The van der Waals surface area contributed by atoms with E-state index in [-0.39, 0.29) is 36.4 Å². The maximum absolute atomic E-state index is 13.8. The van der Waals surface area contributed by atoms with Crippen molar-refractivity contribution in [1.82, 2.24) is 15.1 Å². The van der Waals surface area contributed by atoms with Crippen LogP contribution in [0.5, 0.6) is 0 Å². The highest BCUT2D eigenvalue weighted by molar-refractivity contribution is 5.99. The summed E-state index contributed by atoms with van der Waals surface area (Å²) in [4.78, 5) is 43.0. The molecule has 0 radical (unpaired) electrons.